The number of pyridine rings is 1. The van der Waals surface area contributed by atoms with Crippen molar-refractivity contribution in [3.05, 3.63) is 99.9 Å². The van der Waals surface area contributed by atoms with Crippen LogP contribution in [-0.4, -0.2) is 26.2 Å². The van der Waals surface area contributed by atoms with E-state index in [1.807, 2.05) is 18.2 Å². The fourth-order valence-electron chi connectivity index (χ4n) is 3.20. The van der Waals surface area contributed by atoms with Gasteiger partial charge in [-0.3, -0.25) is 19.1 Å². The molecular formula is C24H21FN4O2S. The molecule has 0 spiro atoms. The Morgan fingerprint density at radius 1 is 1.12 bits per heavy atom. The van der Waals surface area contributed by atoms with Gasteiger partial charge in [0.05, 0.1) is 23.2 Å². The van der Waals surface area contributed by atoms with Crippen LogP contribution in [0.2, 0.25) is 0 Å². The molecule has 4 rings (SSSR count). The summed E-state index contributed by atoms with van der Waals surface area (Å²) in [5.74, 6) is -0.455. The van der Waals surface area contributed by atoms with Crippen LogP contribution in [0.15, 0.2) is 76.9 Å². The largest absolute Gasteiger partial charge is 0.351 e. The number of nitrogens with one attached hydrogen (secondary N) is 1. The monoisotopic (exact) mass is 448 g/mol. The maximum Gasteiger partial charge on any atom is 0.262 e. The second-order valence-corrected chi connectivity index (χ2v) is 8.26. The maximum atomic E-state index is 13.7. The van der Waals surface area contributed by atoms with Crippen LogP contribution in [0.1, 0.15) is 16.7 Å². The van der Waals surface area contributed by atoms with Gasteiger partial charge in [0.25, 0.3) is 5.56 Å². The minimum absolute atomic E-state index is 0.0756. The summed E-state index contributed by atoms with van der Waals surface area (Å²) >= 11 is 1.19. The van der Waals surface area contributed by atoms with Gasteiger partial charge in [0.1, 0.15) is 5.82 Å². The number of aromatic nitrogens is 3. The molecule has 0 radical (unpaired) electrons. The number of benzene rings is 2. The van der Waals surface area contributed by atoms with Crippen LogP contribution < -0.4 is 10.9 Å². The Kier molecular flexibility index (Phi) is 6.61. The fourth-order valence-corrected chi connectivity index (χ4v) is 4.03. The van der Waals surface area contributed by atoms with Gasteiger partial charge in [0.15, 0.2) is 5.16 Å². The average molecular weight is 449 g/mol. The Hall–Kier alpha value is -3.52. The Bertz CT molecular complexity index is 1320. The summed E-state index contributed by atoms with van der Waals surface area (Å²) in [6.07, 6.45) is 3.37. The number of amides is 1. The van der Waals surface area contributed by atoms with E-state index in [9.17, 15) is 14.0 Å². The molecule has 6 nitrogen and oxygen atoms in total. The third-order valence-corrected chi connectivity index (χ3v) is 5.92. The van der Waals surface area contributed by atoms with E-state index in [2.05, 4.69) is 15.3 Å². The molecule has 2 aromatic heterocycles. The first-order chi connectivity index (χ1) is 15.5. The molecule has 162 valence electrons. The molecule has 0 aliphatic carbocycles. The summed E-state index contributed by atoms with van der Waals surface area (Å²) in [5, 5.41) is 3.76. The number of hydrogen-bond acceptors (Lipinski definition) is 5. The number of para-hydroxylation sites is 1. The molecule has 0 aliphatic rings. The highest BCUT2D eigenvalue weighted by molar-refractivity contribution is 7.99. The van der Waals surface area contributed by atoms with E-state index in [1.165, 1.54) is 17.8 Å². The lowest BCUT2D eigenvalue weighted by Gasteiger charge is -2.13. The van der Waals surface area contributed by atoms with Gasteiger partial charge in [-0.2, -0.15) is 0 Å². The van der Waals surface area contributed by atoms with E-state index in [0.29, 0.717) is 33.7 Å². The lowest BCUT2D eigenvalue weighted by Crippen LogP contribution is -2.27. The molecule has 1 amide bonds. The number of carbonyl (C=O) groups is 1. The van der Waals surface area contributed by atoms with E-state index in [0.717, 1.165) is 5.56 Å². The van der Waals surface area contributed by atoms with Crippen LogP contribution in [0.25, 0.3) is 10.9 Å². The Balaban J connectivity index is 1.52. The number of nitrogens with zero attached hydrogens (tertiary/aromatic N) is 3. The smallest absolute Gasteiger partial charge is 0.262 e. The summed E-state index contributed by atoms with van der Waals surface area (Å²) in [4.78, 5) is 34.3. The third-order valence-electron chi connectivity index (χ3n) is 4.95. The van der Waals surface area contributed by atoms with Crippen LogP contribution in [0.3, 0.4) is 0 Å². The van der Waals surface area contributed by atoms with Crippen molar-refractivity contribution in [3.8, 4) is 0 Å². The fraction of sp³-hybridized carbons (Fsp3) is 0.167. The normalized spacial score (nSPS) is 10.9. The van der Waals surface area contributed by atoms with Crippen LogP contribution in [0.5, 0.6) is 0 Å². The van der Waals surface area contributed by atoms with Gasteiger partial charge in [0, 0.05) is 18.9 Å². The second kappa shape index (κ2) is 9.74. The van der Waals surface area contributed by atoms with E-state index in [4.69, 9.17) is 0 Å². The number of rotatable bonds is 7. The molecule has 0 saturated heterocycles. The van der Waals surface area contributed by atoms with Crippen molar-refractivity contribution < 1.29 is 9.18 Å². The molecule has 4 aromatic rings. The quantitative estimate of drug-likeness (QED) is 0.345. The van der Waals surface area contributed by atoms with Gasteiger partial charge in [-0.25, -0.2) is 9.37 Å². The zero-order chi connectivity index (χ0) is 22.5. The average Bonchev–Trinajstić information content (AvgIpc) is 2.81. The number of carbonyl (C=O) groups excluding carboxylic acids is 1. The summed E-state index contributed by atoms with van der Waals surface area (Å²) in [7, 11) is 0. The van der Waals surface area contributed by atoms with Crippen LogP contribution in [0, 0.1) is 12.7 Å². The van der Waals surface area contributed by atoms with E-state index in [-0.39, 0.29) is 29.6 Å². The minimum Gasteiger partial charge on any atom is -0.351 e. The van der Waals surface area contributed by atoms with Crippen molar-refractivity contribution in [2.75, 3.05) is 5.75 Å². The molecular weight excluding hydrogens is 427 g/mol. The summed E-state index contributed by atoms with van der Waals surface area (Å²) in [5.41, 5.74) is 2.52. The first-order valence-electron chi connectivity index (χ1n) is 10.0. The Morgan fingerprint density at radius 3 is 2.75 bits per heavy atom. The summed E-state index contributed by atoms with van der Waals surface area (Å²) in [6.45, 7) is 2.22. The van der Waals surface area contributed by atoms with Crippen LogP contribution in [-0.2, 0) is 17.9 Å². The molecule has 0 unspecified atom stereocenters. The third kappa shape index (κ3) is 5.03. The predicted molar refractivity (Wildman–Crippen MR) is 123 cm³/mol. The van der Waals surface area contributed by atoms with Gasteiger partial charge in [-0.15, -0.1) is 0 Å². The SMILES string of the molecule is Cc1ccc(CNC(=O)CSc2nc3ccccc3c(=O)n2Cc2cccnc2)cc1F. The standard InChI is InChI=1S/C24H21FN4O2S/c1-16-8-9-17(11-20(16)25)13-27-22(30)15-32-24-28-21-7-3-2-6-19(21)23(31)29(24)14-18-5-4-10-26-12-18/h2-12H,13-15H2,1H3,(H,27,30). The number of hydrogen-bond donors (Lipinski definition) is 1. The van der Waals surface area contributed by atoms with Crippen molar-refractivity contribution in [3.63, 3.8) is 0 Å². The van der Waals surface area contributed by atoms with Gasteiger partial charge in [-0.1, -0.05) is 42.1 Å². The molecule has 0 bridgehead atoms. The number of aryl methyl sites for hydroxylation is 1. The first kappa shape index (κ1) is 21.7. The van der Waals surface area contributed by atoms with E-state index >= 15 is 0 Å². The van der Waals surface area contributed by atoms with Gasteiger partial charge >= 0.3 is 0 Å². The number of halogens is 1. The van der Waals surface area contributed by atoms with E-state index in [1.54, 1.807) is 54.2 Å². The van der Waals surface area contributed by atoms with E-state index < -0.39 is 0 Å². The zero-order valence-corrected chi connectivity index (χ0v) is 18.2. The molecule has 32 heavy (non-hydrogen) atoms. The molecule has 0 saturated carbocycles. The van der Waals surface area contributed by atoms with Crippen molar-refractivity contribution >= 4 is 28.6 Å². The minimum atomic E-state index is -0.300. The second-order valence-electron chi connectivity index (χ2n) is 7.31. The van der Waals surface area contributed by atoms with Crippen LogP contribution in [0.4, 0.5) is 4.39 Å². The van der Waals surface area contributed by atoms with Crippen molar-refractivity contribution in [2.45, 2.75) is 25.2 Å². The lowest BCUT2D eigenvalue weighted by atomic mass is 10.1. The van der Waals surface area contributed by atoms with Gasteiger partial charge < -0.3 is 5.32 Å². The Labute approximate surface area is 188 Å². The molecule has 1 N–H and O–H groups in total. The van der Waals surface area contributed by atoms with Gasteiger partial charge in [-0.05, 0) is 47.9 Å². The molecule has 0 fully saturated rings. The topological polar surface area (TPSA) is 76.9 Å². The molecule has 8 heteroatoms. The van der Waals surface area contributed by atoms with Gasteiger partial charge in [0.2, 0.25) is 5.91 Å². The van der Waals surface area contributed by atoms with Crippen molar-refractivity contribution in [1.29, 1.82) is 0 Å². The highest BCUT2D eigenvalue weighted by Gasteiger charge is 2.14. The Morgan fingerprint density at radius 2 is 1.97 bits per heavy atom. The predicted octanol–water partition coefficient (Wildman–Crippen LogP) is 3.70. The van der Waals surface area contributed by atoms with Crippen molar-refractivity contribution in [1.82, 2.24) is 19.9 Å². The lowest BCUT2D eigenvalue weighted by molar-refractivity contribution is -0.118. The molecule has 0 aliphatic heterocycles. The number of thioether (sulfide) groups is 1. The first-order valence-corrected chi connectivity index (χ1v) is 11.0. The summed E-state index contributed by atoms with van der Waals surface area (Å²) in [6, 6.07) is 15.7. The highest BCUT2D eigenvalue weighted by Crippen LogP contribution is 2.19. The number of fused-ring (bicyclic) bond motifs is 1. The maximum absolute atomic E-state index is 13.7. The summed E-state index contributed by atoms with van der Waals surface area (Å²) < 4.78 is 15.3. The van der Waals surface area contributed by atoms with Crippen LogP contribution >= 0.6 is 11.8 Å². The van der Waals surface area contributed by atoms with Crippen molar-refractivity contribution in [2.24, 2.45) is 0 Å². The molecule has 2 aromatic carbocycles. The molecule has 0 atom stereocenters. The zero-order valence-electron chi connectivity index (χ0n) is 17.4. The highest BCUT2D eigenvalue weighted by atomic mass is 32.2. The molecule has 2 heterocycles.